The van der Waals surface area contributed by atoms with Crippen LogP contribution in [0, 0.1) is 5.92 Å². The number of aromatic nitrogens is 2. The Kier molecular flexibility index (Phi) is 6.71. The summed E-state index contributed by atoms with van der Waals surface area (Å²) in [5.41, 5.74) is 5.08. The van der Waals surface area contributed by atoms with E-state index in [9.17, 15) is 9.59 Å². The lowest BCUT2D eigenvalue weighted by Gasteiger charge is -2.30. The second-order valence-electron chi connectivity index (χ2n) is 9.74. The topological polar surface area (TPSA) is 83.4 Å². The minimum atomic E-state index is -0.795. The number of carbonyl (C=O) groups is 2. The molecule has 0 unspecified atom stereocenters. The van der Waals surface area contributed by atoms with Crippen molar-refractivity contribution >= 4 is 23.5 Å². The number of carboxylic acid groups (broad SMARTS) is 1. The van der Waals surface area contributed by atoms with Gasteiger partial charge < -0.3 is 10.0 Å². The number of carboxylic acids is 1. The summed E-state index contributed by atoms with van der Waals surface area (Å²) in [7, 11) is 0. The Labute approximate surface area is 204 Å². The molecule has 3 aromatic rings. The third-order valence-electron chi connectivity index (χ3n) is 6.26. The van der Waals surface area contributed by atoms with Crippen LogP contribution < -0.4 is 0 Å². The Hall–Kier alpha value is -3.25. The Balaban J connectivity index is 1.56. The Morgan fingerprint density at radius 1 is 1.00 bits per heavy atom. The maximum absolute atomic E-state index is 12.9. The summed E-state index contributed by atoms with van der Waals surface area (Å²) in [6.07, 6.45) is 6.33. The number of benzene rings is 1. The van der Waals surface area contributed by atoms with Crippen molar-refractivity contribution in [3.63, 3.8) is 0 Å². The lowest BCUT2D eigenvalue weighted by molar-refractivity contribution is -0.143. The van der Waals surface area contributed by atoms with Gasteiger partial charge in [-0.2, -0.15) is 0 Å². The van der Waals surface area contributed by atoms with E-state index in [2.05, 4.69) is 36.8 Å². The molecule has 0 saturated carbocycles. The van der Waals surface area contributed by atoms with Crippen LogP contribution in [0.15, 0.2) is 55.0 Å². The highest BCUT2D eigenvalue weighted by molar-refractivity contribution is 6.33. The van der Waals surface area contributed by atoms with Crippen molar-refractivity contribution in [1.82, 2.24) is 14.9 Å². The van der Waals surface area contributed by atoms with E-state index < -0.39 is 5.97 Å². The van der Waals surface area contributed by atoms with E-state index in [-0.39, 0.29) is 17.2 Å². The molecule has 0 radical (unpaired) electrons. The fraction of sp³-hybridized carbons (Fsp3) is 0.333. The van der Waals surface area contributed by atoms with Gasteiger partial charge in [-0.15, -0.1) is 0 Å². The normalized spacial score (nSPS) is 14.8. The van der Waals surface area contributed by atoms with Crippen LogP contribution in [0.1, 0.15) is 49.7 Å². The highest BCUT2D eigenvalue weighted by atomic mass is 35.5. The molecule has 1 aromatic carbocycles. The van der Waals surface area contributed by atoms with E-state index in [1.807, 2.05) is 30.6 Å². The van der Waals surface area contributed by atoms with Gasteiger partial charge >= 0.3 is 5.97 Å². The zero-order valence-electron chi connectivity index (χ0n) is 19.6. The average molecular weight is 478 g/mol. The van der Waals surface area contributed by atoms with E-state index in [1.54, 1.807) is 23.2 Å². The zero-order valence-corrected chi connectivity index (χ0v) is 20.3. The van der Waals surface area contributed by atoms with Crippen molar-refractivity contribution in [2.24, 2.45) is 5.92 Å². The maximum atomic E-state index is 12.9. The lowest BCUT2D eigenvalue weighted by Crippen LogP contribution is -2.40. The molecule has 1 saturated heterocycles. The number of amides is 1. The summed E-state index contributed by atoms with van der Waals surface area (Å²) in [5.74, 6) is -1.30. The van der Waals surface area contributed by atoms with Gasteiger partial charge in [0, 0.05) is 70.1 Å². The number of likely N-dealkylation sites (tertiary alicyclic amines) is 1. The molecule has 4 rings (SSSR count). The van der Waals surface area contributed by atoms with Gasteiger partial charge in [-0.1, -0.05) is 38.4 Å². The first-order valence-electron chi connectivity index (χ1n) is 11.4. The van der Waals surface area contributed by atoms with Gasteiger partial charge in [-0.25, -0.2) is 0 Å². The van der Waals surface area contributed by atoms with Crippen molar-refractivity contribution in [2.75, 3.05) is 13.1 Å². The van der Waals surface area contributed by atoms with E-state index >= 15 is 0 Å². The molecule has 1 fully saturated rings. The van der Waals surface area contributed by atoms with Crippen molar-refractivity contribution in [1.29, 1.82) is 0 Å². The smallest absolute Gasteiger partial charge is 0.306 e. The number of rotatable bonds is 4. The predicted molar refractivity (Wildman–Crippen MR) is 133 cm³/mol. The monoisotopic (exact) mass is 477 g/mol. The van der Waals surface area contributed by atoms with Crippen LogP contribution in [0.25, 0.3) is 22.3 Å². The summed E-state index contributed by atoms with van der Waals surface area (Å²) in [6, 6.07) is 11.4. The molecule has 7 heteroatoms. The largest absolute Gasteiger partial charge is 0.481 e. The van der Waals surface area contributed by atoms with Gasteiger partial charge in [-0.3, -0.25) is 19.6 Å². The summed E-state index contributed by atoms with van der Waals surface area (Å²) >= 11 is 6.61. The van der Waals surface area contributed by atoms with Crippen LogP contribution in [0.2, 0.25) is 5.02 Å². The van der Waals surface area contributed by atoms with Crippen molar-refractivity contribution < 1.29 is 14.7 Å². The summed E-state index contributed by atoms with van der Waals surface area (Å²) in [4.78, 5) is 34.7. The van der Waals surface area contributed by atoms with E-state index in [1.165, 1.54) is 0 Å². The molecule has 1 aliphatic rings. The standard InChI is InChI=1S/C27H28ClN3O3/c1-27(2,3)24-14-18(6-9-30-24)20-12-21(16-29-15-20)22-5-4-19(13-23(22)28)25(32)31-10-7-17(8-11-31)26(33)34/h4-6,9,12-17H,7-8,10-11H2,1-3H3,(H,33,34). The SMILES string of the molecule is CC(C)(C)c1cc(-c2cncc(-c3ccc(C(=O)N4CCC(C(=O)O)CC4)cc3Cl)c2)ccn1. The molecule has 34 heavy (non-hydrogen) atoms. The fourth-order valence-electron chi connectivity index (χ4n) is 4.16. The molecule has 3 heterocycles. The van der Waals surface area contributed by atoms with Crippen molar-refractivity contribution in [2.45, 2.75) is 39.0 Å². The second kappa shape index (κ2) is 9.55. The van der Waals surface area contributed by atoms with Crippen molar-refractivity contribution in [3.8, 4) is 22.3 Å². The summed E-state index contributed by atoms with van der Waals surface area (Å²) < 4.78 is 0. The number of nitrogens with zero attached hydrogens (tertiary/aromatic N) is 3. The minimum Gasteiger partial charge on any atom is -0.481 e. The van der Waals surface area contributed by atoms with E-state index in [4.69, 9.17) is 16.7 Å². The molecule has 0 bridgehead atoms. The molecule has 1 aliphatic heterocycles. The molecule has 6 nitrogen and oxygen atoms in total. The predicted octanol–water partition coefficient (Wildman–Crippen LogP) is 5.70. The van der Waals surface area contributed by atoms with Crippen LogP contribution in [0.5, 0.6) is 0 Å². The Bertz CT molecular complexity index is 1230. The van der Waals surface area contributed by atoms with Gasteiger partial charge in [0.2, 0.25) is 0 Å². The highest BCUT2D eigenvalue weighted by Crippen LogP contribution is 2.32. The minimum absolute atomic E-state index is 0.0599. The maximum Gasteiger partial charge on any atom is 0.306 e. The molecular weight excluding hydrogens is 450 g/mol. The average Bonchev–Trinajstić information content (AvgIpc) is 2.83. The Morgan fingerprint density at radius 2 is 1.71 bits per heavy atom. The fourth-order valence-corrected chi connectivity index (χ4v) is 4.45. The van der Waals surface area contributed by atoms with Crippen LogP contribution in [0.4, 0.5) is 0 Å². The second-order valence-corrected chi connectivity index (χ2v) is 10.1. The number of aliphatic carboxylic acids is 1. The quantitative estimate of drug-likeness (QED) is 0.521. The van der Waals surface area contributed by atoms with Crippen LogP contribution in [-0.4, -0.2) is 44.9 Å². The molecule has 2 aromatic heterocycles. The molecule has 0 atom stereocenters. The van der Waals surface area contributed by atoms with Crippen molar-refractivity contribution in [3.05, 3.63) is 71.3 Å². The Morgan fingerprint density at radius 3 is 2.35 bits per heavy atom. The molecule has 1 amide bonds. The van der Waals surface area contributed by atoms with E-state index in [0.29, 0.717) is 36.5 Å². The van der Waals surface area contributed by atoms with Gasteiger partial charge in [-0.05, 0) is 48.7 Å². The molecule has 1 N–H and O–H groups in total. The molecule has 0 aliphatic carbocycles. The van der Waals surface area contributed by atoms with Crippen LogP contribution in [0.3, 0.4) is 0 Å². The van der Waals surface area contributed by atoms with Gasteiger partial charge in [0.1, 0.15) is 0 Å². The third-order valence-corrected chi connectivity index (χ3v) is 6.57. The summed E-state index contributed by atoms with van der Waals surface area (Å²) in [6.45, 7) is 7.26. The van der Waals surface area contributed by atoms with Gasteiger partial charge in [0.15, 0.2) is 0 Å². The van der Waals surface area contributed by atoms with Crippen LogP contribution in [-0.2, 0) is 10.2 Å². The molecular formula is C27H28ClN3O3. The number of piperidine rings is 1. The first kappa shape index (κ1) is 23.9. The number of halogens is 1. The molecule has 176 valence electrons. The zero-order chi connectivity index (χ0) is 24.5. The van der Waals surface area contributed by atoms with Gasteiger partial charge in [0.25, 0.3) is 5.91 Å². The molecule has 0 spiro atoms. The van der Waals surface area contributed by atoms with Gasteiger partial charge in [0.05, 0.1) is 5.92 Å². The van der Waals surface area contributed by atoms with E-state index in [0.717, 1.165) is 27.9 Å². The summed E-state index contributed by atoms with van der Waals surface area (Å²) in [5, 5.41) is 9.64. The highest BCUT2D eigenvalue weighted by Gasteiger charge is 2.27. The third kappa shape index (κ3) is 5.12. The number of hydrogen-bond donors (Lipinski definition) is 1. The number of carbonyl (C=O) groups excluding carboxylic acids is 1. The first-order valence-corrected chi connectivity index (χ1v) is 11.8. The number of hydrogen-bond acceptors (Lipinski definition) is 4. The lowest BCUT2D eigenvalue weighted by atomic mass is 9.90. The number of pyridine rings is 2. The van der Waals surface area contributed by atoms with Crippen LogP contribution >= 0.6 is 11.6 Å². The first-order chi connectivity index (χ1) is 16.1.